The molecule has 4 aliphatic rings. The van der Waals surface area contributed by atoms with Crippen LogP contribution in [0.4, 0.5) is 0 Å². The zero-order valence-corrected chi connectivity index (χ0v) is 19.1. The van der Waals surface area contributed by atoms with Gasteiger partial charge in [0.15, 0.2) is 0 Å². The summed E-state index contributed by atoms with van der Waals surface area (Å²) in [6, 6.07) is 0. The first kappa shape index (κ1) is 24.3. The molecule has 4 rings (SSSR count). The third-order valence-electron chi connectivity index (χ3n) is 8.31. The Hall–Kier alpha value is -1.93. The fourth-order valence-electron chi connectivity index (χ4n) is 6.22. The summed E-state index contributed by atoms with van der Waals surface area (Å²) in [5.41, 5.74) is -3.24. The molecule has 0 amide bonds. The van der Waals surface area contributed by atoms with Crippen LogP contribution < -0.4 is 0 Å². The Morgan fingerprint density at radius 1 is 0.867 bits per heavy atom. The van der Waals surface area contributed by atoms with Gasteiger partial charge in [-0.25, -0.2) is 0 Å². The molecule has 0 spiro atoms. The van der Waals surface area contributed by atoms with Crippen molar-refractivity contribution in [2.24, 2.45) is 33.5 Å². The van der Waals surface area contributed by atoms with Crippen LogP contribution in [0.5, 0.6) is 0 Å². The second-order valence-electron chi connectivity index (χ2n) is 9.63. The van der Waals surface area contributed by atoms with Crippen LogP contribution in [-0.4, -0.2) is 54.3 Å². The van der Waals surface area contributed by atoms with E-state index in [1.165, 1.54) is 0 Å². The van der Waals surface area contributed by atoms with Gasteiger partial charge in [-0.2, -0.15) is 0 Å². The van der Waals surface area contributed by atoms with Gasteiger partial charge < -0.3 is 10.2 Å². The molecule has 0 aromatic heterocycles. The zero-order chi connectivity index (χ0) is 23.3. The average Bonchev–Trinajstić information content (AvgIpc) is 3.17. The molecule has 0 aromatic rings. The van der Waals surface area contributed by atoms with E-state index < -0.39 is 54.6 Å². The summed E-state index contributed by atoms with van der Waals surface area (Å²) in [6.45, 7) is 7.26. The van der Waals surface area contributed by atoms with Gasteiger partial charge in [-0.3, -0.25) is 24.0 Å². The van der Waals surface area contributed by atoms with E-state index in [1.807, 2.05) is 13.8 Å². The fraction of sp³-hybridized carbons (Fsp3) is 0.750. The molecular formula is C20H26O9Se. The summed E-state index contributed by atoms with van der Waals surface area (Å²) in [6.07, 6.45) is 2.53. The SMILES string of the molecule is CC1(C)C2CCC1(C(=O)O)C(=O)C2=O.CC1(C)C2CCC1(C(=O)O)CC2=O.O=[Se]=O. The van der Waals surface area contributed by atoms with Crippen molar-refractivity contribution in [1.82, 2.24) is 0 Å². The molecule has 4 saturated carbocycles. The summed E-state index contributed by atoms with van der Waals surface area (Å²) in [5.74, 6) is -3.34. The number of carboxylic acids is 2. The number of carbonyl (C=O) groups is 5. The van der Waals surface area contributed by atoms with Crippen LogP contribution in [0.1, 0.15) is 59.8 Å². The Bertz CT molecular complexity index is 868. The fourth-order valence-corrected chi connectivity index (χ4v) is 6.22. The minimum absolute atomic E-state index is 0.0106. The monoisotopic (exact) mass is 490 g/mol. The van der Waals surface area contributed by atoms with Crippen LogP contribution in [0, 0.1) is 33.5 Å². The Kier molecular flexibility index (Phi) is 6.20. The standard InChI is InChI=1S/C10H12O4.C10H14O3.O2Se/c1-9(2)5-3-4-10(9,8(13)14)7(12)6(5)11;1-9(2)6-3-4-10(9,8(12)13)5-7(6)11;1-3-2/h5H,3-4H2,1-2H3,(H,13,14);6H,3-5H2,1-2H3,(H,12,13);. The summed E-state index contributed by atoms with van der Waals surface area (Å²) in [4.78, 5) is 57.0. The zero-order valence-electron chi connectivity index (χ0n) is 17.4. The molecule has 10 heteroatoms. The molecule has 0 radical (unpaired) electrons. The first-order valence-corrected chi connectivity index (χ1v) is 11.1. The Morgan fingerprint density at radius 3 is 1.60 bits per heavy atom. The third-order valence-corrected chi connectivity index (χ3v) is 8.31. The summed E-state index contributed by atoms with van der Waals surface area (Å²) in [5, 5.41) is 18.3. The average molecular weight is 489 g/mol. The first-order chi connectivity index (χ1) is 13.7. The van der Waals surface area contributed by atoms with Crippen molar-refractivity contribution < 1.29 is 41.9 Å². The molecule has 0 heterocycles. The van der Waals surface area contributed by atoms with Crippen LogP contribution in [-0.2, 0) is 31.6 Å². The molecule has 4 bridgehead atoms. The van der Waals surface area contributed by atoms with E-state index >= 15 is 0 Å². The maximum atomic E-state index is 11.6. The van der Waals surface area contributed by atoms with Gasteiger partial charge in [0.05, 0.1) is 5.41 Å². The van der Waals surface area contributed by atoms with Crippen molar-refractivity contribution in [3.8, 4) is 0 Å². The van der Waals surface area contributed by atoms with Crippen molar-refractivity contribution in [3.63, 3.8) is 0 Å². The van der Waals surface area contributed by atoms with Crippen LogP contribution in [0.25, 0.3) is 0 Å². The Labute approximate surface area is 179 Å². The number of fused-ring (bicyclic) bond motifs is 4. The van der Waals surface area contributed by atoms with Crippen LogP contribution >= 0.6 is 0 Å². The molecule has 4 fully saturated rings. The molecule has 2 N–H and O–H groups in total. The minimum atomic E-state index is -1.62. The Morgan fingerprint density at radius 2 is 1.37 bits per heavy atom. The van der Waals surface area contributed by atoms with Gasteiger partial charge in [0, 0.05) is 18.3 Å². The first-order valence-electron chi connectivity index (χ1n) is 9.69. The van der Waals surface area contributed by atoms with Gasteiger partial charge in [0.25, 0.3) is 0 Å². The van der Waals surface area contributed by atoms with E-state index in [9.17, 15) is 29.1 Å². The van der Waals surface area contributed by atoms with Crippen molar-refractivity contribution in [2.45, 2.75) is 59.8 Å². The molecule has 9 nitrogen and oxygen atoms in total. The second kappa shape index (κ2) is 7.64. The van der Waals surface area contributed by atoms with E-state index in [0.29, 0.717) is 19.3 Å². The molecule has 4 aliphatic carbocycles. The van der Waals surface area contributed by atoms with Crippen LogP contribution in [0.2, 0.25) is 0 Å². The molecule has 166 valence electrons. The van der Waals surface area contributed by atoms with E-state index in [1.54, 1.807) is 13.8 Å². The van der Waals surface area contributed by atoms with Gasteiger partial charge in [-0.15, -0.1) is 0 Å². The van der Waals surface area contributed by atoms with Gasteiger partial charge in [-0.05, 0) is 36.5 Å². The van der Waals surface area contributed by atoms with Crippen molar-refractivity contribution in [1.29, 1.82) is 0 Å². The van der Waals surface area contributed by atoms with E-state index in [-0.39, 0.29) is 29.5 Å². The number of carboxylic acid groups (broad SMARTS) is 2. The van der Waals surface area contributed by atoms with Gasteiger partial charge in [-0.1, -0.05) is 27.7 Å². The summed E-state index contributed by atoms with van der Waals surface area (Å²) < 4.78 is 16.9. The second-order valence-corrected chi connectivity index (χ2v) is 9.91. The normalized spacial score (nSPS) is 36.5. The molecule has 0 aliphatic heterocycles. The molecule has 30 heavy (non-hydrogen) atoms. The van der Waals surface area contributed by atoms with Gasteiger partial charge >= 0.3 is 34.4 Å². The van der Waals surface area contributed by atoms with E-state index in [2.05, 4.69) is 0 Å². The molecule has 0 aromatic carbocycles. The van der Waals surface area contributed by atoms with Crippen LogP contribution in [0.3, 0.4) is 0 Å². The summed E-state index contributed by atoms with van der Waals surface area (Å²) >= 11 is -1.62. The van der Waals surface area contributed by atoms with E-state index in [4.69, 9.17) is 12.8 Å². The number of hydrogen-bond donors (Lipinski definition) is 2. The predicted molar refractivity (Wildman–Crippen MR) is 99.9 cm³/mol. The van der Waals surface area contributed by atoms with Crippen molar-refractivity contribution in [3.05, 3.63) is 0 Å². The predicted octanol–water partition coefficient (Wildman–Crippen LogP) is 1.49. The quantitative estimate of drug-likeness (QED) is 0.333. The van der Waals surface area contributed by atoms with Gasteiger partial charge in [0.1, 0.15) is 11.2 Å². The number of hydrogen-bond acceptors (Lipinski definition) is 7. The van der Waals surface area contributed by atoms with Crippen molar-refractivity contribution in [2.75, 3.05) is 0 Å². The number of Topliss-reactive ketones (excluding diaryl/α,β-unsaturated/α-hetero) is 3. The topological polar surface area (TPSA) is 160 Å². The van der Waals surface area contributed by atoms with Gasteiger partial charge in [0.2, 0.25) is 11.6 Å². The number of carbonyl (C=O) groups excluding carboxylic acids is 3. The third kappa shape index (κ3) is 2.91. The van der Waals surface area contributed by atoms with Crippen molar-refractivity contribution >= 4 is 44.1 Å². The van der Waals surface area contributed by atoms with E-state index in [0.717, 1.165) is 6.42 Å². The Balaban J connectivity index is 0.000000190. The number of rotatable bonds is 2. The molecule has 4 unspecified atom stereocenters. The summed E-state index contributed by atoms with van der Waals surface area (Å²) in [7, 11) is 0. The maximum absolute atomic E-state index is 11.6. The number of ketones is 3. The molecular weight excluding hydrogens is 463 g/mol. The van der Waals surface area contributed by atoms with Crippen LogP contribution in [0.15, 0.2) is 0 Å². The number of aliphatic carboxylic acids is 2. The molecule has 4 atom stereocenters. The molecule has 0 saturated heterocycles.